The minimum atomic E-state index is -5.38. The van der Waals surface area contributed by atoms with Crippen molar-refractivity contribution in [3.05, 3.63) is 24.3 Å². The highest BCUT2D eigenvalue weighted by molar-refractivity contribution is 7.93. The summed E-state index contributed by atoms with van der Waals surface area (Å²) in [7, 11) is -3.97. The average molecular weight is 297 g/mol. The molecule has 1 aromatic carbocycles. The fourth-order valence-electron chi connectivity index (χ4n) is 1.46. The molecule has 0 saturated heterocycles. The van der Waals surface area contributed by atoms with Gasteiger partial charge in [0.1, 0.15) is 5.75 Å². The van der Waals surface area contributed by atoms with Gasteiger partial charge in [-0.2, -0.15) is 21.6 Å². The number of rotatable bonds is 5. The van der Waals surface area contributed by atoms with Gasteiger partial charge in [0.05, 0.1) is 12.8 Å². The highest BCUT2D eigenvalue weighted by atomic mass is 32.2. The topological polar surface area (TPSA) is 46.6 Å². The average Bonchev–Trinajstić information content (AvgIpc) is 2.34. The van der Waals surface area contributed by atoms with Crippen LogP contribution in [-0.4, -0.2) is 27.6 Å². The van der Waals surface area contributed by atoms with E-state index in [4.69, 9.17) is 4.74 Å². The minimum Gasteiger partial charge on any atom is -0.497 e. The second kappa shape index (κ2) is 5.68. The summed E-state index contributed by atoms with van der Waals surface area (Å²) in [5.74, 6) is 0.435. The summed E-state index contributed by atoms with van der Waals surface area (Å²) >= 11 is 0. The number of alkyl halides is 3. The molecule has 0 radical (unpaired) electrons. The first-order valence-corrected chi connectivity index (χ1v) is 6.91. The third kappa shape index (κ3) is 3.31. The van der Waals surface area contributed by atoms with Crippen LogP contribution in [0.2, 0.25) is 0 Å². The maximum atomic E-state index is 12.6. The van der Waals surface area contributed by atoms with E-state index in [1.807, 2.05) is 0 Å². The van der Waals surface area contributed by atoms with Crippen molar-refractivity contribution in [3.8, 4) is 5.75 Å². The molecule has 0 bridgehead atoms. The third-order valence-electron chi connectivity index (χ3n) is 2.37. The molecule has 1 aromatic rings. The van der Waals surface area contributed by atoms with Crippen molar-refractivity contribution in [3.63, 3.8) is 0 Å². The summed E-state index contributed by atoms with van der Waals surface area (Å²) < 4.78 is 65.9. The van der Waals surface area contributed by atoms with E-state index in [-0.39, 0.29) is 18.7 Å². The van der Waals surface area contributed by atoms with Crippen molar-refractivity contribution in [2.24, 2.45) is 0 Å². The van der Waals surface area contributed by atoms with E-state index in [1.54, 1.807) is 6.92 Å². The van der Waals surface area contributed by atoms with Crippen LogP contribution in [-0.2, 0) is 10.0 Å². The maximum Gasteiger partial charge on any atom is 0.516 e. The van der Waals surface area contributed by atoms with Crippen LogP contribution in [0.4, 0.5) is 18.9 Å². The lowest BCUT2D eigenvalue weighted by Gasteiger charge is -2.25. The van der Waals surface area contributed by atoms with Crippen LogP contribution in [0.5, 0.6) is 5.75 Å². The van der Waals surface area contributed by atoms with Gasteiger partial charge in [-0.15, -0.1) is 0 Å². The van der Waals surface area contributed by atoms with Crippen LogP contribution >= 0.6 is 0 Å². The van der Waals surface area contributed by atoms with Crippen LogP contribution in [0.3, 0.4) is 0 Å². The Balaban J connectivity index is 3.20. The molecule has 4 nitrogen and oxygen atoms in total. The number of ether oxygens (including phenoxy) is 1. The fraction of sp³-hybridized carbons (Fsp3) is 0.455. The predicted molar refractivity (Wildman–Crippen MR) is 65.6 cm³/mol. The SMILES string of the molecule is CCCN(c1ccc(OC)cc1)S(=O)(=O)C(F)(F)F. The van der Waals surface area contributed by atoms with E-state index in [2.05, 4.69) is 0 Å². The molecule has 0 unspecified atom stereocenters. The lowest BCUT2D eigenvalue weighted by molar-refractivity contribution is -0.0438. The predicted octanol–water partition coefficient (Wildman–Crippen LogP) is 2.76. The lowest BCUT2D eigenvalue weighted by Crippen LogP contribution is -2.41. The summed E-state index contributed by atoms with van der Waals surface area (Å²) in [6.07, 6.45) is 0.265. The molecule has 0 aliphatic heterocycles. The van der Waals surface area contributed by atoms with Crippen LogP contribution in [0.25, 0.3) is 0 Å². The number of benzene rings is 1. The number of nitrogens with zero attached hydrogens (tertiary/aromatic N) is 1. The Hall–Kier alpha value is -1.44. The summed E-state index contributed by atoms with van der Waals surface area (Å²) in [4.78, 5) is 0. The molecule has 19 heavy (non-hydrogen) atoms. The van der Waals surface area contributed by atoms with E-state index >= 15 is 0 Å². The Kier molecular flexibility index (Phi) is 4.67. The molecule has 0 fully saturated rings. The Morgan fingerprint density at radius 1 is 1.21 bits per heavy atom. The minimum absolute atomic E-state index is 0.0417. The number of hydrogen-bond acceptors (Lipinski definition) is 3. The van der Waals surface area contributed by atoms with Gasteiger partial charge < -0.3 is 4.74 Å². The van der Waals surface area contributed by atoms with Crippen LogP contribution in [0.1, 0.15) is 13.3 Å². The van der Waals surface area contributed by atoms with Gasteiger partial charge in [-0.1, -0.05) is 6.92 Å². The van der Waals surface area contributed by atoms with Gasteiger partial charge >= 0.3 is 15.5 Å². The number of methoxy groups -OCH3 is 1. The van der Waals surface area contributed by atoms with E-state index < -0.39 is 15.5 Å². The zero-order chi connectivity index (χ0) is 14.7. The number of anilines is 1. The quantitative estimate of drug-likeness (QED) is 0.839. The second-order valence-electron chi connectivity index (χ2n) is 3.72. The highest BCUT2D eigenvalue weighted by Gasteiger charge is 2.50. The fourth-order valence-corrected chi connectivity index (χ4v) is 2.54. The van der Waals surface area contributed by atoms with Gasteiger partial charge in [0.25, 0.3) is 0 Å². The van der Waals surface area contributed by atoms with Gasteiger partial charge in [0, 0.05) is 6.54 Å². The molecule has 0 N–H and O–H groups in total. The Labute approximate surface area is 109 Å². The smallest absolute Gasteiger partial charge is 0.497 e. The number of halogens is 3. The van der Waals surface area contributed by atoms with E-state index in [1.165, 1.54) is 31.4 Å². The summed E-state index contributed by atoms with van der Waals surface area (Å²) in [6, 6.07) is 5.36. The first-order valence-electron chi connectivity index (χ1n) is 5.47. The molecule has 0 amide bonds. The van der Waals surface area contributed by atoms with Crippen molar-refractivity contribution in [1.29, 1.82) is 0 Å². The number of sulfonamides is 1. The monoisotopic (exact) mass is 297 g/mol. The largest absolute Gasteiger partial charge is 0.516 e. The van der Waals surface area contributed by atoms with Gasteiger partial charge in [0.2, 0.25) is 0 Å². The molecule has 0 atom stereocenters. The molecule has 0 aromatic heterocycles. The molecule has 108 valence electrons. The Morgan fingerprint density at radius 3 is 2.11 bits per heavy atom. The van der Waals surface area contributed by atoms with Crippen molar-refractivity contribution >= 4 is 15.7 Å². The van der Waals surface area contributed by atoms with E-state index in [0.717, 1.165) is 0 Å². The maximum absolute atomic E-state index is 12.6. The molecule has 0 heterocycles. The molecule has 0 saturated carbocycles. The third-order valence-corrected chi connectivity index (χ3v) is 3.93. The summed E-state index contributed by atoms with van der Waals surface area (Å²) in [5.41, 5.74) is -5.36. The molecule has 0 aliphatic carbocycles. The summed E-state index contributed by atoms with van der Waals surface area (Å²) in [5, 5.41) is 0. The molecular formula is C11H14F3NO3S. The first-order chi connectivity index (χ1) is 8.74. The van der Waals surface area contributed by atoms with Crippen molar-refractivity contribution in [2.75, 3.05) is 18.0 Å². The number of hydrogen-bond donors (Lipinski definition) is 0. The zero-order valence-electron chi connectivity index (χ0n) is 10.4. The van der Waals surface area contributed by atoms with Crippen molar-refractivity contribution < 1.29 is 26.3 Å². The van der Waals surface area contributed by atoms with Crippen molar-refractivity contribution in [2.45, 2.75) is 18.9 Å². The van der Waals surface area contributed by atoms with Gasteiger partial charge in [-0.25, -0.2) is 0 Å². The van der Waals surface area contributed by atoms with Crippen LogP contribution < -0.4 is 9.04 Å². The standard InChI is InChI=1S/C11H14F3NO3S/c1-3-8-15(19(16,17)11(12,13)14)9-4-6-10(18-2)7-5-9/h4-7H,3,8H2,1-2H3. The molecule has 8 heteroatoms. The lowest BCUT2D eigenvalue weighted by atomic mass is 10.3. The molecule has 0 aliphatic rings. The summed E-state index contributed by atoms with van der Waals surface area (Å²) in [6.45, 7) is 1.36. The van der Waals surface area contributed by atoms with E-state index in [0.29, 0.717) is 10.1 Å². The first kappa shape index (κ1) is 15.6. The highest BCUT2D eigenvalue weighted by Crippen LogP contribution is 2.31. The normalized spacial score (nSPS) is 12.3. The molecule has 1 rings (SSSR count). The second-order valence-corrected chi connectivity index (χ2v) is 5.57. The Morgan fingerprint density at radius 2 is 1.74 bits per heavy atom. The Bertz CT molecular complexity index is 511. The van der Waals surface area contributed by atoms with Crippen LogP contribution in [0, 0.1) is 0 Å². The molecule has 0 spiro atoms. The zero-order valence-corrected chi connectivity index (χ0v) is 11.3. The van der Waals surface area contributed by atoms with Gasteiger partial charge in [-0.05, 0) is 30.7 Å². The van der Waals surface area contributed by atoms with Crippen molar-refractivity contribution in [1.82, 2.24) is 0 Å². The van der Waals surface area contributed by atoms with Gasteiger partial charge in [-0.3, -0.25) is 4.31 Å². The van der Waals surface area contributed by atoms with Gasteiger partial charge in [0.15, 0.2) is 0 Å². The molecular weight excluding hydrogens is 283 g/mol. The van der Waals surface area contributed by atoms with E-state index in [9.17, 15) is 21.6 Å². The van der Waals surface area contributed by atoms with Crippen LogP contribution in [0.15, 0.2) is 24.3 Å².